The van der Waals surface area contributed by atoms with Crippen molar-refractivity contribution in [2.24, 2.45) is 11.3 Å². The van der Waals surface area contributed by atoms with Crippen LogP contribution in [0.1, 0.15) is 40.5 Å². The molecule has 0 bridgehead atoms. The fourth-order valence-corrected chi connectivity index (χ4v) is 3.59. The smallest absolute Gasteiger partial charge is 0.0652 e. The van der Waals surface area contributed by atoms with Crippen LogP contribution in [0, 0.1) is 11.3 Å². The van der Waals surface area contributed by atoms with Crippen molar-refractivity contribution in [2.75, 3.05) is 26.7 Å². The monoisotopic (exact) mass is 254 g/mol. The van der Waals surface area contributed by atoms with Gasteiger partial charge in [0.05, 0.1) is 6.10 Å². The van der Waals surface area contributed by atoms with E-state index in [0.717, 1.165) is 12.5 Å². The molecule has 0 radical (unpaired) electrons. The van der Waals surface area contributed by atoms with Gasteiger partial charge in [-0.15, -0.1) is 0 Å². The lowest BCUT2D eigenvalue weighted by Gasteiger charge is -2.56. The van der Waals surface area contributed by atoms with Crippen LogP contribution in [0.25, 0.3) is 0 Å². The highest BCUT2D eigenvalue weighted by Gasteiger charge is 2.51. The number of hydrogen-bond donors (Lipinski definition) is 1. The molecule has 1 N–H and O–H groups in total. The maximum atomic E-state index is 5.59. The zero-order chi connectivity index (χ0) is 13.3. The zero-order valence-corrected chi connectivity index (χ0v) is 12.7. The van der Waals surface area contributed by atoms with Crippen LogP contribution in [0.5, 0.6) is 0 Å². The zero-order valence-electron chi connectivity index (χ0n) is 12.7. The molecule has 0 aromatic heterocycles. The average molecular weight is 254 g/mol. The summed E-state index contributed by atoms with van der Waals surface area (Å²) in [6.07, 6.45) is 2.91. The quantitative estimate of drug-likeness (QED) is 0.817. The lowest BCUT2D eigenvalue weighted by atomic mass is 9.63. The largest absolute Gasteiger partial charge is 0.381 e. The highest BCUT2D eigenvalue weighted by atomic mass is 16.5. The minimum Gasteiger partial charge on any atom is -0.381 e. The molecule has 0 amide bonds. The molecule has 3 nitrogen and oxygen atoms in total. The second kappa shape index (κ2) is 5.48. The van der Waals surface area contributed by atoms with Crippen LogP contribution in [-0.2, 0) is 4.74 Å². The van der Waals surface area contributed by atoms with E-state index in [2.05, 4.69) is 37.9 Å². The van der Waals surface area contributed by atoms with Crippen LogP contribution < -0.4 is 5.32 Å². The molecule has 0 aromatic carbocycles. The molecule has 1 heterocycles. The molecule has 0 aromatic rings. The Kier molecular flexibility index (Phi) is 4.35. The average Bonchev–Trinajstić information content (AvgIpc) is 2.30. The Hall–Kier alpha value is -0.120. The van der Waals surface area contributed by atoms with Gasteiger partial charge in [0.2, 0.25) is 0 Å². The van der Waals surface area contributed by atoms with E-state index in [1.807, 2.05) is 7.11 Å². The number of nitrogens with one attached hydrogen (secondary N) is 1. The molecular weight excluding hydrogens is 224 g/mol. The molecule has 1 aliphatic carbocycles. The van der Waals surface area contributed by atoms with E-state index in [-0.39, 0.29) is 0 Å². The normalized spacial score (nSPS) is 41.8. The van der Waals surface area contributed by atoms with E-state index >= 15 is 0 Å². The summed E-state index contributed by atoms with van der Waals surface area (Å²) in [4.78, 5) is 2.72. The third kappa shape index (κ3) is 2.73. The third-order valence-corrected chi connectivity index (χ3v) is 5.06. The van der Waals surface area contributed by atoms with Gasteiger partial charge in [-0.3, -0.25) is 4.90 Å². The van der Waals surface area contributed by atoms with E-state index < -0.39 is 0 Å². The first-order chi connectivity index (χ1) is 8.45. The predicted molar refractivity (Wildman–Crippen MR) is 75.8 cm³/mol. The van der Waals surface area contributed by atoms with Gasteiger partial charge < -0.3 is 10.1 Å². The van der Waals surface area contributed by atoms with Gasteiger partial charge in [-0.25, -0.2) is 0 Å². The summed E-state index contributed by atoms with van der Waals surface area (Å²) in [7, 11) is 1.85. The third-order valence-electron chi connectivity index (χ3n) is 5.06. The maximum absolute atomic E-state index is 5.59. The first kappa shape index (κ1) is 14.3. The molecule has 1 aliphatic heterocycles. The molecule has 0 spiro atoms. The van der Waals surface area contributed by atoms with Crippen molar-refractivity contribution < 1.29 is 4.74 Å². The van der Waals surface area contributed by atoms with E-state index in [1.165, 1.54) is 25.9 Å². The van der Waals surface area contributed by atoms with Crippen molar-refractivity contribution in [1.29, 1.82) is 0 Å². The Morgan fingerprint density at radius 3 is 2.61 bits per heavy atom. The molecule has 1 saturated carbocycles. The minimum atomic E-state index is 0.310. The second-order valence-electron chi connectivity index (χ2n) is 7.00. The molecular formula is C15H30N2O. The second-order valence-corrected chi connectivity index (χ2v) is 7.00. The first-order valence-corrected chi connectivity index (χ1v) is 7.45. The van der Waals surface area contributed by atoms with Gasteiger partial charge in [-0.05, 0) is 38.8 Å². The van der Waals surface area contributed by atoms with E-state index in [4.69, 9.17) is 4.74 Å². The lowest BCUT2D eigenvalue weighted by molar-refractivity contribution is -0.141. The van der Waals surface area contributed by atoms with Crippen molar-refractivity contribution in [1.82, 2.24) is 10.2 Å². The van der Waals surface area contributed by atoms with Crippen molar-refractivity contribution in [3.63, 3.8) is 0 Å². The van der Waals surface area contributed by atoms with Crippen LogP contribution in [0.2, 0.25) is 0 Å². The van der Waals surface area contributed by atoms with Gasteiger partial charge in [-0.2, -0.15) is 0 Å². The van der Waals surface area contributed by atoms with Gasteiger partial charge in [-0.1, -0.05) is 20.8 Å². The predicted octanol–water partition coefficient (Wildman–Crippen LogP) is 2.12. The summed E-state index contributed by atoms with van der Waals surface area (Å²) in [5, 5.41) is 3.62. The van der Waals surface area contributed by atoms with Gasteiger partial charge >= 0.3 is 0 Å². The maximum Gasteiger partial charge on any atom is 0.0652 e. The molecule has 1 saturated heterocycles. The molecule has 2 rings (SSSR count). The van der Waals surface area contributed by atoms with E-state index in [0.29, 0.717) is 23.6 Å². The molecule has 18 heavy (non-hydrogen) atoms. The van der Waals surface area contributed by atoms with Crippen LogP contribution in [0.3, 0.4) is 0 Å². The van der Waals surface area contributed by atoms with Crippen molar-refractivity contribution in [2.45, 2.75) is 58.7 Å². The summed E-state index contributed by atoms with van der Waals surface area (Å²) >= 11 is 0. The molecule has 4 atom stereocenters. The SMILES string of the molecule is COC1CC(N2CCC(C)NCC(C)C2)C1(C)C. The van der Waals surface area contributed by atoms with Gasteiger partial charge in [0, 0.05) is 31.2 Å². The topological polar surface area (TPSA) is 24.5 Å². The Labute approximate surface area is 112 Å². The summed E-state index contributed by atoms with van der Waals surface area (Å²) in [6.45, 7) is 13.0. The standard InChI is InChI=1S/C15H30N2O/c1-11-9-16-12(2)6-7-17(10-11)13-8-14(18-5)15(13,3)4/h11-14,16H,6-10H2,1-5H3. The molecule has 2 fully saturated rings. The molecule has 106 valence electrons. The van der Waals surface area contributed by atoms with E-state index in [1.54, 1.807) is 0 Å². The Balaban J connectivity index is 1.99. The number of hydrogen-bond acceptors (Lipinski definition) is 3. The fourth-order valence-electron chi connectivity index (χ4n) is 3.59. The van der Waals surface area contributed by atoms with Crippen LogP contribution >= 0.6 is 0 Å². The summed E-state index contributed by atoms with van der Waals surface area (Å²) < 4.78 is 5.59. The highest BCUT2D eigenvalue weighted by molar-refractivity contribution is 5.04. The van der Waals surface area contributed by atoms with Gasteiger partial charge in [0.25, 0.3) is 0 Å². The number of nitrogens with zero attached hydrogens (tertiary/aromatic N) is 1. The Morgan fingerprint density at radius 2 is 2.00 bits per heavy atom. The Bertz CT molecular complexity index is 280. The first-order valence-electron chi connectivity index (χ1n) is 7.45. The van der Waals surface area contributed by atoms with Crippen molar-refractivity contribution >= 4 is 0 Å². The van der Waals surface area contributed by atoms with Crippen LogP contribution in [0.15, 0.2) is 0 Å². The molecule has 4 unspecified atom stereocenters. The number of rotatable bonds is 2. The molecule has 3 heteroatoms. The van der Waals surface area contributed by atoms with E-state index in [9.17, 15) is 0 Å². The van der Waals surface area contributed by atoms with Gasteiger partial charge in [0.1, 0.15) is 0 Å². The van der Waals surface area contributed by atoms with Crippen molar-refractivity contribution in [3.8, 4) is 0 Å². The number of methoxy groups -OCH3 is 1. The van der Waals surface area contributed by atoms with Crippen molar-refractivity contribution in [3.05, 3.63) is 0 Å². The minimum absolute atomic E-state index is 0.310. The molecule has 2 aliphatic rings. The lowest BCUT2D eigenvalue weighted by Crippen LogP contribution is -2.63. The summed E-state index contributed by atoms with van der Waals surface area (Å²) in [6, 6.07) is 1.35. The summed E-state index contributed by atoms with van der Waals surface area (Å²) in [5.74, 6) is 0.741. The van der Waals surface area contributed by atoms with Gasteiger partial charge in [0.15, 0.2) is 0 Å². The summed E-state index contributed by atoms with van der Waals surface area (Å²) in [5.41, 5.74) is 0.310. The number of ether oxygens (including phenoxy) is 1. The highest BCUT2D eigenvalue weighted by Crippen LogP contribution is 2.45. The fraction of sp³-hybridized carbons (Fsp3) is 1.00. The van der Waals surface area contributed by atoms with Crippen LogP contribution in [-0.4, -0.2) is 49.8 Å². The Morgan fingerprint density at radius 1 is 1.28 bits per heavy atom. The van der Waals surface area contributed by atoms with Crippen LogP contribution in [0.4, 0.5) is 0 Å².